The molecule has 0 nitrogen and oxygen atoms in total. The molecule has 0 spiro atoms. The van der Waals surface area contributed by atoms with E-state index >= 15 is 0 Å². The largest absolute Gasteiger partial charge is 0.121 e. The molecule has 18 heavy (non-hydrogen) atoms. The smallest absolute Gasteiger partial charge is 0.0316 e. The van der Waals surface area contributed by atoms with Gasteiger partial charge in [-0.25, -0.2) is 0 Å². The molecule has 2 aliphatic rings. The summed E-state index contributed by atoms with van der Waals surface area (Å²) >= 11 is 0. The summed E-state index contributed by atoms with van der Waals surface area (Å²) in [6, 6.07) is 0. The maximum Gasteiger partial charge on any atom is -0.0316 e. The molecule has 2 atom stereocenters. The van der Waals surface area contributed by atoms with Crippen LogP contribution in [-0.2, 0) is 0 Å². The van der Waals surface area contributed by atoms with Crippen LogP contribution in [0, 0.1) is 11.8 Å². The van der Waals surface area contributed by atoms with Crippen molar-refractivity contribution in [1.82, 2.24) is 0 Å². The first-order valence-electron chi connectivity index (χ1n) is 7.36. The molecule has 2 saturated carbocycles. The molecule has 0 aromatic rings. The second-order valence-corrected chi connectivity index (χ2v) is 8.53. The second-order valence-electron chi connectivity index (χ2n) is 5.71. The summed E-state index contributed by atoms with van der Waals surface area (Å²) in [6.45, 7) is 0. The summed E-state index contributed by atoms with van der Waals surface area (Å²) in [5.41, 5.74) is 0. The number of rotatable bonds is 7. The monoisotopic (exact) mass is 418 g/mol. The van der Waals surface area contributed by atoms with Crippen LogP contribution in [0.4, 0.5) is 0 Å². The predicted molar refractivity (Wildman–Crippen MR) is 101 cm³/mol. The maximum atomic E-state index is 1.58. The maximum absolute atomic E-state index is 1.58. The van der Waals surface area contributed by atoms with Crippen LogP contribution in [0.3, 0.4) is 0 Å². The zero-order chi connectivity index (χ0) is 11.1. The SMILES string of the molecule is Br.Br.C1CCC(CPCCPCC2CCCC2)C1. The highest BCUT2D eigenvalue weighted by molar-refractivity contribution is 8.93. The molecule has 2 rings (SSSR count). The summed E-state index contributed by atoms with van der Waals surface area (Å²) in [5.74, 6) is 2.27. The van der Waals surface area contributed by atoms with Gasteiger partial charge in [0, 0.05) is 0 Å². The molecule has 2 aliphatic carbocycles. The number of hydrogen-bond acceptors (Lipinski definition) is 0. The van der Waals surface area contributed by atoms with Crippen molar-refractivity contribution in [3.8, 4) is 0 Å². The van der Waals surface area contributed by atoms with E-state index in [9.17, 15) is 0 Å². The van der Waals surface area contributed by atoms with Gasteiger partial charge in [0.1, 0.15) is 0 Å². The lowest BCUT2D eigenvalue weighted by Gasteiger charge is -2.10. The van der Waals surface area contributed by atoms with Crippen molar-refractivity contribution in [1.29, 1.82) is 0 Å². The Labute approximate surface area is 138 Å². The van der Waals surface area contributed by atoms with Crippen molar-refractivity contribution in [2.24, 2.45) is 11.8 Å². The number of hydrogen-bond donors (Lipinski definition) is 0. The van der Waals surface area contributed by atoms with E-state index in [-0.39, 0.29) is 34.0 Å². The number of halogens is 2. The van der Waals surface area contributed by atoms with Gasteiger partial charge in [-0.05, 0) is 36.5 Å². The van der Waals surface area contributed by atoms with Crippen LogP contribution in [0.1, 0.15) is 51.4 Å². The zero-order valence-corrected chi connectivity index (χ0v) is 16.9. The second kappa shape index (κ2) is 12.6. The Hall–Kier alpha value is 1.82. The summed E-state index contributed by atoms with van der Waals surface area (Å²) in [5, 5.41) is 0. The zero-order valence-electron chi connectivity index (χ0n) is 11.5. The van der Waals surface area contributed by atoms with E-state index in [4.69, 9.17) is 0 Å². The van der Waals surface area contributed by atoms with Gasteiger partial charge in [-0.15, -0.1) is 51.1 Å². The third-order valence-electron chi connectivity index (χ3n) is 4.29. The summed E-state index contributed by atoms with van der Waals surface area (Å²) in [7, 11) is 2.59. The molecule has 0 radical (unpaired) electrons. The van der Waals surface area contributed by atoms with Gasteiger partial charge in [0.25, 0.3) is 0 Å². The van der Waals surface area contributed by atoms with E-state index in [2.05, 4.69) is 0 Å². The summed E-state index contributed by atoms with van der Waals surface area (Å²) in [6.07, 6.45) is 18.6. The van der Waals surface area contributed by atoms with E-state index in [1.807, 2.05) is 0 Å². The van der Waals surface area contributed by atoms with Crippen LogP contribution >= 0.6 is 51.1 Å². The lowest BCUT2D eigenvalue weighted by Crippen LogP contribution is -1.98. The summed E-state index contributed by atoms with van der Waals surface area (Å²) in [4.78, 5) is 0. The third kappa shape index (κ3) is 8.18. The van der Waals surface area contributed by atoms with E-state index in [1.165, 1.54) is 42.8 Å². The highest BCUT2D eigenvalue weighted by Gasteiger charge is 2.15. The molecule has 4 heteroatoms. The fourth-order valence-corrected chi connectivity index (χ4v) is 6.67. The van der Waals surface area contributed by atoms with Crippen LogP contribution < -0.4 is 0 Å². The van der Waals surface area contributed by atoms with E-state index < -0.39 is 0 Å². The van der Waals surface area contributed by atoms with Crippen molar-refractivity contribution in [3.05, 3.63) is 0 Å². The molecule has 0 aromatic carbocycles. The van der Waals surface area contributed by atoms with Crippen LogP contribution in [0.2, 0.25) is 0 Å². The van der Waals surface area contributed by atoms with Crippen LogP contribution in [0.5, 0.6) is 0 Å². The molecule has 110 valence electrons. The Balaban J connectivity index is 0.00000144. The average Bonchev–Trinajstić information content (AvgIpc) is 2.96. The Morgan fingerprint density at radius 2 is 0.944 bits per heavy atom. The fourth-order valence-electron chi connectivity index (χ4n) is 3.22. The molecule has 0 saturated heterocycles. The van der Waals surface area contributed by atoms with Gasteiger partial charge in [0.15, 0.2) is 0 Å². The first-order chi connectivity index (χ1) is 7.95. The van der Waals surface area contributed by atoms with Gasteiger partial charge in [-0.3, -0.25) is 0 Å². The standard InChI is InChI=1S/C14H28P2.2BrH/c1-2-6-13(5-1)11-15-9-10-16-12-14-7-3-4-8-14;;/h13-16H,1-12H2;2*1H. The molecule has 0 amide bonds. The van der Waals surface area contributed by atoms with Crippen molar-refractivity contribution < 1.29 is 0 Å². The van der Waals surface area contributed by atoms with Crippen molar-refractivity contribution in [2.75, 3.05) is 24.6 Å². The van der Waals surface area contributed by atoms with E-state index in [1.54, 1.807) is 50.3 Å². The topological polar surface area (TPSA) is 0 Å². The highest BCUT2D eigenvalue weighted by atomic mass is 79.9. The minimum absolute atomic E-state index is 0. The molecular weight excluding hydrogens is 390 g/mol. The highest BCUT2D eigenvalue weighted by Crippen LogP contribution is 2.33. The predicted octanol–water partition coefficient (Wildman–Crippen LogP) is 5.88. The van der Waals surface area contributed by atoms with Gasteiger partial charge in [-0.2, -0.15) is 0 Å². The van der Waals surface area contributed by atoms with Crippen LogP contribution in [0.25, 0.3) is 0 Å². The average molecular weight is 420 g/mol. The van der Waals surface area contributed by atoms with Gasteiger partial charge in [-0.1, -0.05) is 51.4 Å². The van der Waals surface area contributed by atoms with Crippen molar-refractivity contribution in [3.63, 3.8) is 0 Å². The lowest BCUT2D eigenvalue weighted by molar-refractivity contribution is 0.620. The molecule has 2 unspecified atom stereocenters. The molecule has 0 N–H and O–H groups in total. The Morgan fingerprint density at radius 3 is 1.28 bits per heavy atom. The molecule has 0 aromatic heterocycles. The van der Waals surface area contributed by atoms with Crippen molar-refractivity contribution in [2.45, 2.75) is 51.4 Å². The summed E-state index contributed by atoms with van der Waals surface area (Å²) < 4.78 is 0. The molecule has 0 bridgehead atoms. The first-order valence-corrected chi connectivity index (χ1v) is 10.2. The minimum Gasteiger partial charge on any atom is -0.121 e. The molecule has 0 aliphatic heterocycles. The molecule has 0 heterocycles. The van der Waals surface area contributed by atoms with Crippen LogP contribution in [0.15, 0.2) is 0 Å². The minimum atomic E-state index is 0. The normalized spacial score (nSPS) is 22.0. The quantitative estimate of drug-likeness (QED) is 0.357. The van der Waals surface area contributed by atoms with Gasteiger partial charge in [0.2, 0.25) is 0 Å². The van der Waals surface area contributed by atoms with Crippen LogP contribution in [-0.4, -0.2) is 24.6 Å². The lowest BCUT2D eigenvalue weighted by atomic mass is 10.1. The molecule has 2 fully saturated rings. The van der Waals surface area contributed by atoms with E-state index in [0.29, 0.717) is 0 Å². The Morgan fingerprint density at radius 1 is 0.611 bits per heavy atom. The van der Waals surface area contributed by atoms with E-state index in [0.717, 1.165) is 11.8 Å². The molecular formula is C14H30Br2P2. The van der Waals surface area contributed by atoms with Crippen molar-refractivity contribution >= 4 is 51.1 Å². The van der Waals surface area contributed by atoms with Gasteiger partial charge < -0.3 is 0 Å². The Bertz CT molecular complexity index is 159. The van der Waals surface area contributed by atoms with Gasteiger partial charge >= 0.3 is 0 Å². The Kier molecular flexibility index (Phi) is 13.8. The van der Waals surface area contributed by atoms with Gasteiger partial charge in [0.05, 0.1) is 0 Å². The fraction of sp³-hybridized carbons (Fsp3) is 1.00. The first kappa shape index (κ1) is 19.8. The third-order valence-corrected chi connectivity index (χ3v) is 7.73.